The zero-order chi connectivity index (χ0) is 9.30. The van der Waals surface area contributed by atoms with Crippen LogP contribution in [0.25, 0.3) is 0 Å². The van der Waals surface area contributed by atoms with Crippen molar-refractivity contribution in [2.45, 2.75) is 25.2 Å². The zero-order valence-electron chi connectivity index (χ0n) is 6.88. The lowest BCUT2D eigenvalue weighted by Gasteiger charge is -2.32. The lowest BCUT2D eigenvalue weighted by atomic mass is 9.85. The summed E-state index contributed by atoms with van der Waals surface area (Å²) in [5.41, 5.74) is 0.375. The van der Waals surface area contributed by atoms with Crippen LogP contribution in [0.15, 0.2) is 11.6 Å². The Labute approximate surface area is 70.8 Å². The highest BCUT2D eigenvalue weighted by Crippen LogP contribution is 2.23. The number of hydrogen-bond acceptors (Lipinski definition) is 4. The predicted octanol–water partition coefficient (Wildman–Crippen LogP) is -1.36. The molecule has 0 fully saturated rings. The molecule has 12 heavy (non-hydrogen) atoms. The summed E-state index contributed by atoms with van der Waals surface area (Å²) < 4.78 is 0. The van der Waals surface area contributed by atoms with E-state index in [9.17, 15) is 15.3 Å². The summed E-state index contributed by atoms with van der Waals surface area (Å²) in [5.74, 6) is -0.231. The molecule has 0 aliphatic heterocycles. The van der Waals surface area contributed by atoms with Crippen molar-refractivity contribution in [3.05, 3.63) is 11.6 Å². The van der Waals surface area contributed by atoms with E-state index in [-0.39, 0.29) is 12.5 Å². The normalized spacial score (nSPS) is 42.6. The van der Waals surface area contributed by atoms with Crippen molar-refractivity contribution in [2.75, 3.05) is 6.61 Å². The largest absolute Gasteiger partial charge is 0.392 e. The van der Waals surface area contributed by atoms with Gasteiger partial charge in [0.05, 0.1) is 12.7 Å². The van der Waals surface area contributed by atoms with E-state index in [0.29, 0.717) is 5.57 Å². The molecule has 70 valence electrons. The lowest BCUT2D eigenvalue weighted by Crippen LogP contribution is -2.45. The molecule has 4 N–H and O–H groups in total. The maximum absolute atomic E-state index is 9.29. The van der Waals surface area contributed by atoms with Crippen LogP contribution in [0.2, 0.25) is 0 Å². The lowest BCUT2D eigenvalue weighted by molar-refractivity contribution is -0.0699. The van der Waals surface area contributed by atoms with Gasteiger partial charge in [-0.2, -0.15) is 0 Å². The summed E-state index contributed by atoms with van der Waals surface area (Å²) in [6.45, 7) is 1.44. The van der Waals surface area contributed by atoms with Gasteiger partial charge in [-0.25, -0.2) is 0 Å². The Bertz CT molecular complexity index is 189. The van der Waals surface area contributed by atoms with E-state index in [2.05, 4.69) is 0 Å². The molecule has 0 saturated heterocycles. The number of aliphatic hydroxyl groups excluding tert-OH is 4. The second kappa shape index (κ2) is 3.53. The zero-order valence-corrected chi connectivity index (χ0v) is 6.88. The van der Waals surface area contributed by atoms with Crippen LogP contribution in [0.1, 0.15) is 6.92 Å². The third kappa shape index (κ3) is 1.51. The molecule has 0 aromatic rings. The van der Waals surface area contributed by atoms with Gasteiger partial charge in [0.15, 0.2) is 0 Å². The van der Waals surface area contributed by atoms with Crippen molar-refractivity contribution in [1.29, 1.82) is 0 Å². The van der Waals surface area contributed by atoms with E-state index in [0.717, 1.165) is 0 Å². The van der Waals surface area contributed by atoms with Gasteiger partial charge in [0.2, 0.25) is 0 Å². The topological polar surface area (TPSA) is 80.9 Å². The standard InChI is InChI=1S/C8H14O4/c1-4-2-5(3-9)7(11)8(12)6(4)10/h2,4,6-12H,3H2,1H3/t4-,6+,7+,8?/m1/s1. The first-order chi connectivity index (χ1) is 5.57. The Hall–Kier alpha value is -0.420. The van der Waals surface area contributed by atoms with E-state index in [1.165, 1.54) is 0 Å². The first-order valence-electron chi connectivity index (χ1n) is 3.93. The molecule has 1 aliphatic rings. The van der Waals surface area contributed by atoms with Crippen LogP contribution in [0, 0.1) is 5.92 Å². The van der Waals surface area contributed by atoms with Crippen LogP contribution in [0.3, 0.4) is 0 Å². The summed E-state index contributed by atoms with van der Waals surface area (Å²) in [4.78, 5) is 0. The van der Waals surface area contributed by atoms with Gasteiger partial charge < -0.3 is 20.4 Å². The van der Waals surface area contributed by atoms with Crippen LogP contribution in [0.5, 0.6) is 0 Å². The van der Waals surface area contributed by atoms with Gasteiger partial charge in [-0.05, 0) is 5.57 Å². The molecular weight excluding hydrogens is 160 g/mol. The molecule has 1 rings (SSSR count). The monoisotopic (exact) mass is 174 g/mol. The van der Waals surface area contributed by atoms with Crippen LogP contribution in [-0.4, -0.2) is 45.3 Å². The smallest absolute Gasteiger partial charge is 0.110 e. The first-order valence-corrected chi connectivity index (χ1v) is 3.93. The minimum atomic E-state index is -1.19. The SMILES string of the molecule is C[C@@H]1C=C(CO)[C@H](O)C(O)[C@H]1O. The molecule has 0 heterocycles. The third-order valence-corrected chi connectivity index (χ3v) is 2.25. The van der Waals surface area contributed by atoms with Crippen LogP contribution < -0.4 is 0 Å². The molecule has 4 atom stereocenters. The van der Waals surface area contributed by atoms with Gasteiger partial charge in [0, 0.05) is 5.92 Å². The van der Waals surface area contributed by atoms with Crippen molar-refractivity contribution in [1.82, 2.24) is 0 Å². The van der Waals surface area contributed by atoms with Crippen LogP contribution in [-0.2, 0) is 0 Å². The highest BCUT2D eigenvalue weighted by atomic mass is 16.4. The van der Waals surface area contributed by atoms with Crippen molar-refractivity contribution in [2.24, 2.45) is 5.92 Å². The Balaban J connectivity index is 2.84. The quantitative estimate of drug-likeness (QED) is 0.370. The fourth-order valence-electron chi connectivity index (χ4n) is 1.40. The van der Waals surface area contributed by atoms with E-state index < -0.39 is 18.3 Å². The third-order valence-electron chi connectivity index (χ3n) is 2.25. The molecule has 0 saturated carbocycles. The van der Waals surface area contributed by atoms with Gasteiger partial charge in [0.25, 0.3) is 0 Å². The van der Waals surface area contributed by atoms with Crippen molar-refractivity contribution in [3.63, 3.8) is 0 Å². The van der Waals surface area contributed by atoms with E-state index in [4.69, 9.17) is 5.11 Å². The molecule has 0 amide bonds. The van der Waals surface area contributed by atoms with Crippen molar-refractivity contribution >= 4 is 0 Å². The number of hydrogen-bond donors (Lipinski definition) is 4. The molecule has 0 bridgehead atoms. The highest BCUT2D eigenvalue weighted by Gasteiger charge is 2.34. The highest BCUT2D eigenvalue weighted by molar-refractivity contribution is 5.18. The molecule has 0 aromatic carbocycles. The Morgan fingerprint density at radius 3 is 2.33 bits per heavy atom. The molecule has 0 spiro atoms. The predicted molar refractivity (Wildman–Crippen MR) is 42.4 cm³/mol. The Morgan fingerprint density at radius 1 is 1.25 bits per heavy atom. The second-order valence-electron chi connectivity index (χ2n) is 3.18. The molecule has 4 heteroatoms. The summed E-state index contributed by atoms with van der Waals surface area (Å²) in [6, 6.07) is 0. The summed E-state index contributed by atoms with van der Waals surface area (Å²) in [7, 11) is 0. The Morgan fingerprint density at radius 2 is 1.83 bits per heavy atom. The van der Waals surface area contributed by atoms with E-state index in [1.54, 1.807) is 13.0 Å². The van der Waals surface area contributed by atoms with Gasteiger partial charge in [0.1, 0.15) is 12.2 Å². The van der Waals surface area contributed by atoms with Crippen LogP contribution >= 0.6 is 0 Å². The fourth-order valence-corrected chi connectivity index (χ4v) is 1.40. The average molecular weight is 174 g/mol. The van der Waals surface area contributed by atoms with Gasteiger partial charge >= 0.3 is 0 Å². The van der Waals surface area contributed by atoms with E-state index in [1.807, 2.05) is 0 Å². The molecule has 0 radical (unpaired) electrons. The van der Waals surface area contributed by atoms with Crippen molar-refractivity contribution < 1.29 is 20.4 Å². The molecule has 0 aromatic heterocycles. The second-order valence-corrected chi connectivity index (χ2v) is 3.18. The minimum absolute atomic E-state index is 0.231. The minimum Gasteiger partial charge on any atom is -0.392 e. The Kier molecular flexibility index (Phi) is 2.85. The summed E-state index contributed by atoms with van der Waals surface area (Å²) in [5, 5.41) is 36.6. The fraction of sp³-hybridized carbons (Fsp3) is 0.750. The summed E-state index contributed by atoms with van der Waals surface area (Å²) in [6.07, 6.45) is -1.69. The molecule has 4 nitrogen and oxygen atoms in total. The van der Waals surface area contributed by atoms with Gasteiger partial charge in [-0.15, -0.1) is 0 Å². The maximum atomic E-state index is 9.29. The van der Waals surface area contributed by atoms with Crippen LogP contribution in [0.4, 0.5) is 0 Å². The van der Waals surface area contributed by atoms with Crippen molar-refractivity contribution in [3.8, 4) is 0 Å². The van der Waals surface area contributed by atoms with Gasteiger partial charge in [-0.1, -0.05) is 13.0 Å². The molecular formula is C8H14O4. The maximum Gasteiger partial charge on any atom is 0.110 e. The summed E-state index contributed by atoms with van der Waals surface area (Å²) >= 11 is 0. The average Bonchev–Trinajstić information content (AvgIpc) is 2.08. The molecule has 1 unspecified atom stereocenters. The number of rotatable bonds is 1. The first kappa shape index (κ1) is 9.67. The molecule has 1 aliphatic carbocycles. The van der Waals surface area contributed by atoms with Gasteiger partial charge in [-0.3, -0.25) is 0 Å². The van der Waals surface area contributed by atoms with E-state index >= 15 is 0 Å². The number of aliphatic hydroxyl groups is 4.